The zero-order valence-electron chi connectivity index (χ0n) is 10.6. The second kappa shape index (κ2) is 6.12. The van der Waals surface area contributed by atoms with Gasteiger partial charge in [-0.2, -0.15) is 5.11 Å². The lowest BCUT2D eigenvalue weighted by atomic mass is 9.96. The second-order valence-electron chi connectivity index (χ2n) is 4.75. The van der Waals surface area contributed by atoms with Crippen molar-refractivity contribution in [3.63, 3.8) is 0 Å². The summed E-state index contributed by atoms with van der Waals surface area (Å²) in [5, 5.41) is 3.61. The Labute approximate surface area is 117 Å². The largest absolute Gasteiger partial charge is 0.339 e. The SMILES string of the molecule is N=Nc1ccc(C(=O)N2CCC(CN)CC2)cc1Cl. The van der Waals surface area contributed by atoms with Crippen molar-refractivity contribution < 1.29 is 4.79 Å². The number of halogens is 1. The Hall–Kier alpha value is -1.46. The van der Waals surface area contributed by atoms with Gasteiger partial charge in [-0.05, 0) is 43.5 Å². The molecule has 1 saturated heterocycles. The number of nitrogens with two attached hydrogens (primary N) is 1. The lowest BCUT2D eigenvalue weighted by molar-refractivity contribution is 0.0693. The molecule has 0 bridgehead atoms. The number of nitrogens with zero attached hydrogens (tertiary/aromatic N) is 2. The zero-order valence-corrected chi connectivity index (χ0v) is 11.4. The summed E-state index contributed by atoms with van der Waals surface area (Å²) in [6.45, 7) is 2.17. The Balaban J connectivity index is 2.08. The first kappa shape index (κ1) is 14.0. The first-order valence-electron chi connectivity index (χ1n) is 6.32. The fourth-order valence-electron chi connectivity index (χ4n) is 2.28. The van der Waals surface area contributed by atoms with Crippen LogP contribution in [0, 0.1) is 11.4 Å². The third-order valence-electron chi connectivity index (χ3n) is 3.55. The topological polar surface area (TPSA) is 82.5 Å². The molecule has 102 valence electrons. The van der Waals surface area contributed by atoms with Crippen molar-refractivity contribution >= 4 is 23.2 Å². The fourth-order valence-corrected chi connectivity index (χ4v) is 2.51. The molecule has 0 unspecified atom stereocenters. The number of hydrogen-bond donors (Lipinski definition) is 2. The quantitative estimate of drug-likeness (QED) is 0.835. The van der Waals surface area contributed by atoms with Crippen molar-refractivity contribution in [1.82, 2.24) is 4.90 Å². The van der Waals surface area contributed by atoms with Crippen molar-refractivity contribution in [2.24, 2.45) is 16.8 Å². The van der Waals surface area contributed by atoms with Crippen molar-refractivity contribution in [2.45, 2.75) is 12.8 Å². The van der Waals surface area contributed by atoms with E-state index < -0.39 is 0 Å². The average Bonchev–Trinajstić information content (AvgIpc) is 2.46. The molecule has 5 nitrogen and oxygen atoms in total. The zero-order chi connectivity index (χ0) is 13.8. The molecule has 1 heterocycles. The van der Waals surface area contributed by atoms with E-state index in [9.17, 15) is 4.79 Å². The first-order valence-corrected chi connectivity index (χ1v) is 6.70. The fraction of sp³-hybridized carbons (Fsp3) is 0.462. The highest BCUT2D eigenvalue weighted by Gasteiger charge is 2.23. The standard InChI is InChI=1S/C13H17ClN4O/c14-11-7-10(1-2-12(11)17-16)13(19)18-5-3-9(8-15)4-6-18/h1-2,7,9,16H,3-6,8,15H2. The van der Waals surface area contributed by atoms with Gasteiger partial charge in [0.05, 0.1) is 5.02 Å². The summed E-state index contributed by atoms with van der Waals surface area (Å²) in [5.74, 6) is 0.506. The number of piperidine rings is 1. The van der Waals surface area contributed by atoms with E-state index in [0.29, 0.717) is 28.7 Å². The summed E-state index contributed by atoms with van der Waals surface area (Å²) in [4.78, 5) is 14.1. The van der Waals surface area contributed by atoms with Gasteiger partial charge in [-0.15, -0.1) is 0 Å². The maximum absolute atomic E-state index is 12.3. The van der Waals surface area contributed by atoms with Gasteiger partial charge in [-0.1, -0.05) is 11.6 Å². The smallest absolute Gasteiger partial charge is 0.253 e. The molecule has 0 aliphatic carbocycles. The number of rotatable bonds is 3. The van der Waals surface area contributed by atoms with Crippen LogP contribution in [0.5, 0.6) is 0 Å². The van der Waals surface area contributed by atoms with Crippen LogP contribution in [0.1, 0.15) is 23.2 Å². The van der Waals surface area contributed by atoms with Crippen LogP contribution in [-0.2, 0) is 0 Å². The molecule has 1 aliphatic heterocycles. The minimum Gasteiger partial charge on any atom is -0.339 e. The Bertz CT molecular complexity index is 484. The Morgan fingerprint density at radius 1 is 1.47 bits per heavy atom. The Morgan fingerprint density at radius 2 is 2.16 bits per heavy atom. The van der Waals surface area contributed by atoms with Crippen LogP contribution in [0.4, 0.5) is 5.69 Å². The highest BCUT2D eigenvalue weighted by atomic mass is 35.5. The van der Waals surface area contributed by atoms with Gasteiger partial charge in [0.15, 0.2) is 0 Å². The highest BCUT2D eigenvalue weighted by Crippen LogP contribution is 2.26. The maximum atomic E-state index is 12.3. The lowest BCUT2D eigenvalue weighted by Crippen LogP contribution is -2.40. The molecule has 3 N–H and O–H groups in total. The molecule has 1 aromatic rings. The van der Waals surface area contributed by atoms with E-state index in [1.54, 1.807) is 18.2 Å². The number of carbonyl (C=O) groups is 1. The molecule has 0 aromatic heterocycles. The van der Waals surface area contributed by atoms with Crippen molar-refractivity contribution in [3.05, 3.63) is 28.8 Å². The minimum atomic E-state index is -0.0195. The van der Waals surface area contributed by atoms with E-state index in [4.69, 9.17) is 22.9 Å². The number of nitrogens with one attached hydrogen (secondary N) is 1. The molecule has 0 spiro atoms. The number of hydrogen-bond acceptors (Lipinski definition) is 4. The van der Waals surface area contributed by atoms with Gasteiger partial charge < -0.3 is 10.6 Å². The summed E-state index contributed by atoms with van der Waals surface area (Å²) in [6, 6.07) is 4.83. The molecule has 0 radical (unpaired) electrons. The highest BCUT2D eigenvalue weighted by molar-refractivity contribution is 6.33. The molecule has 0 saturated carbocycles. The van der Waals surface area contributed by atoms with Gasteiger partial charge in [0.1, 0.15) is 5.69 Å². The van der Waals surface area contributed by atoms with Crippen molar-refractivity contribution in [2.75, 3.05) is 19.6 Å². The van der Waals surface area contributed by atoms with E-state index in [0.717, 1.165) is 25.9 Å². The predicted octanol–water partition coefficient (Wildman–Crippen LogP) is 2.81. The number of benzene rings is 1. The summed E-state index contributed by atoms with van der Waals surface area (Å²) in [6.07, 6.45) is 1.91. The molecule has 0 atom stereocenters. The Morgan fingerprint density at radius 3 is 2.68 bits per heavy atom. The van der Waals surface area contributed by atoms with Crippen LogP contribution in [0.2, 0.25) is 5.02 Å². The second-order valence-corrected chi connectivity index (χ2v) is 5.16. The van der Waals surface area contributed by atoms with Gasteiger partial charge in [-0.25, -0.2) is 5.53 Å². The van der Waals surface area contributed by atoms with Crippen molar-refractivity contribution in [1.29, 1.82) is 5.53 Å². The van der Waals surface area contributed by atoms with Crippen LogP contribution in [-0.4, -0.2) is 30.4 Å². The Kier molecular flexibility index (Phi) is 4.50. The van der Waals surface area contributed by atoms with E-state index in [1.807, 2.05) is 4.90 Å². The molecule has 1 amide bonds. The van der Waals surface area contributed by atoms with E-state index in [2.05, 4.69) is 5.11 Å². The van der Waals surface area contributed by atoms with Crippen LogP contribution in [0.25, 0.3) is 0 Å². The normalized spacial score (nSPS) is 16.4. The first-order chi connectivity index (χ1) is 9.15. The molecular formula is C13H17ClN4O. The van der Waals surface area contributed by atoms with Gasteiger partial charge in [0.25, 0.3) is 5.91 Å². The summed E-state index contributed by atoms with van der Waals surface area (Å²) >= 11 is 5.96. The molecule has 6 heteroatoms. The minimum absolute atomic E-state index is 0.0195. The summed E-state index contributed by atoms with van der Waals surface area (Å²) in [7, 11) is 0. The van der Waals surface area contributed by atoms with Gasteiger partial charge >= 0.3 is 0 Å². The lowest BCUT2D eigenvalue weighted by Gasteiger charge is -2.31. The van der Waals surface area contributed by atoms with Gasteiger partial charge in [0, 0.05) is 18.7 Å². The maximum Gasteiger partial charge on any atom is 0.253 e. The molecule has 1 fully saturated rings. The third kappa shape index (κ3) is 3.11. The monoisotopic (exact) mass is 280 g/mol. The van der Waals surface area contributed by atoms with E-state index in [-0.39, 0.29) is 5.91 Å². The third-order valence-corrected chi connectivity index (χ3v) is 3.85. The molecule has 19 heavy (non-hydrogen) atoms. The number of amides is 1. The van der Waals surface area contributed by atoms with Crippen LogP contribution in [0.3, 0.4) is 0 Å². The summed E-state index contributed by atoms with van der Waals surface area (Å²) in [5.41, 5.74) is 13.5. The van der Waals surface area contributed by atoms with E-state index in [1.165, 1.54) is 0 Å². The van der Waals surface area contributed by atoms with Gasteiger partial charge in [0.2, 0.25) is 0 Å². The van der Waals surface area contributed by atoms with Crippen LogP contribution >= 0.6 is 11.6 Å². The summed E-state index contributed by atoms with van der Waals surface area (Å²) < 4.78 is 0. The van der Waals surface area contributed by atoms with Crippen LogP contribution < -0.4 is 5.73 Å². The molecule has 1 aliphatic rings. The van der Waals surface area contributed by atoms with Gasteiger partial charge in [-0.3, -0.25) is 4.79 Å². The molecule has 2 rings (SSSR count). The van der Waals surface area contributed by atoms with E-state index >= 15 is 0 Å². The molecule has 1 aromatic carbocycles. The number of carbonyl (C=O) groups excluding carboxylic acids is 1. The molecular weight excluding hydrogens is 264 g/mol. The predicted molar refractivity (Wildman–Crippen MR) is 73.9 cm³/mol. The van der Waals surface area contributed by atoms with Crippen molar-refractivity contribution in [3.8, 4) is 0 Å². The van der Waals surface area contributed by atoms with Crippen LogP contribution in [0.15, 0.2) is 23.3 Å². The number of likely N-dealkylation sites (tertiary alicyclic amines) is 1. The average molecular weight is 281 g/mol.